The van der Waals surface area contributed by atoms with Gasteiger partial charge in [0.25, 0.3) is 0 Å². The van der Waals surface area contributed by atoms with Gasteiger partial charge in [-0.05, 0) is 12.3 Å². The van der Waals surface area contributed by atoms with Crippen molar-refractivity contribution in [2.75, 3.05) is 13.2 Å². The van der Waals surface area contributed by atoms with E-state index < -0.39 is 25.6 Å². The van der Waals surface area contributed by atoms with Gasteiger partial charge in [-0.25, -0.2) is 4.57 Å². The predicted octanol–water partition coefficient (Wildman–Crippen LogP) is 1.67. The van der Waals surface area contributed by atoms with E-state index >= 15 is 0 Å². The minimum Gasteiger partial charge on any atom is -0.465 e. The molecule has 0 bridgehead atoms. The summed E-state index contributed by atoms with van der Waals surface area (Å²) in [6.45, 7) is 3.80. The lowest BCUT2D eigenvalue weighted by atomic mass is 9.89. The smallest absolute Gasteiger partial charge is 0.465 e. The number of phosphoric acid groups is 1. The number of carbonyl (C=O) groups is 2. The number of unbranched alkanes of at least 4 members (excludes halogenated alkanes) is 1. The van der Waals surface area contributed by atoms with E-state index in [-0.39, 0.29) is 25.4 Å². The average molecular weight is 322 g/mol. The number of cyclic esters (lactones) is 1. The van der Waals surface area contributed by atoms with Crippen molar-refractivity contribution in [3.8, 4) is 0 Å². The van der Waals surface area contributed by atoms with E-state index in [1.807, 2.05) is 0 Å². The van der Waals surface area contributed by atoms with E-state index in [1.165, 1.54) is 0 Å². The van der Waals surface area contributed by atoms with Crippen molar-refractivity contribution in [1.29, 1.82) is 0 Å². The van der Waals surface area contributed by atoms with Gasteiger partial charge in [0.2, 0.25) is 0 Å². The second-order valence-corrected chi connectivity index (χ2v) is 7.00. The van der Waals surface area contributed by atoms with Gasteiger partial charge in [-0.2, -0.15) is 0 Å². The molecule has 0 aromatic rings. The Kier molecular flexibility index (Phi) is 7.00. The monoisotopic (exact) mass is 322 g/mol. The van der Waals surface area contributed by atoms with Gasteiger partial charge in [-0.1, -0.05) is 26.7 Å². The van der Waals surface area contributed by atoms with Crippen molar-refractivity contribution < 1.29 is 33.2 Å². The number of ether oxygens (including phenoxy) is 1. The molecule has 2 atom stereocenters. The molecule has 0 unspecified atom stereocenters. The molecule has 0 spiro atoms. The number of hydrogen-bond acceptors (Lipinski definition) is 5. The summed E-state index contributed by atoms with van der Waals surface area (Å²) >= 11 is 0. The topological polar surface area (TPSA) is 110 Å². The second-order valence-electron chi connectivity index (χ2n) is 5.76. The molecule has 1 fully saturated rings. The number of esters is 1. The first kappa shape index (κ1) is 18.3. The van der Waals surface area contributed by atoms with Gasteiger partial charge in [0.1, 0.15) is 11.7 Å². The van der Waals surface area contributed by atoms with Crippen molar-refractivity contribution in [2.24, 2.45) is 17.8 Å². The molecular formula is C13H23O7P. The number of Topliss-reactive ketones (excluding diaryl/α,β-unsaturated/α-hetero) is 1. The van der Waals surface area contributed by atoms with Crippen LogP contribution in [-0.2, 0) is 23.4 Å². The maximum atomic E-state index is 12.1. The maximum Gasteiger partial charge on any atom is 0.469 e. The van der Waals surface area contributed by atoms with Crippen LogP contribution >= 0.6 is 7.82 Å². The van der Waals surface area contributed by atoms with Gasteiger partial charge in [-0.15, -0.1) is 0 Å². The van der Waals surface area contributed by atoms with Gasteiger partial charge in [-0.3, -0.25) is 14.1 Å². The summed E-state index contributed by atoms with van der Waals surface area (Å²) in [5, 5.41) is 0. The molecule has 1 aliphatic heterocycles. The van der Waals surface area contributed by atoms with E-state index in [4.69, 9.17) is 14.5 Å². The summed E-state index contributed by atoms with van der Waals surface area (Å²) in [6, 6.07) is 0. The summed E-state index contributed by atoms with van der Waals surface area (Å²) < 4.78 is 19.9. The largest absolute Gasteiger partial charge is 0.469 e. The highest BCUT2D eigenvalue weighted by Crippen LogP contribution is 2.38. The van der Waals surface area contributed by atoms with Crippen molar-refractivity contribution in [1.82, 2.24) is 0 Å². The highest BCUT2D eigenvalue weighted by atomic mass is 31.2. The lowest BCUT2D eigenvalue weighted by Crippen LogP contribution is -2.28. The van der Waals surface area contributed by atoms with Gasteiger partial charge < -0.3 is 14.5 Å². The fourth-order valence-corrected chi connectivity index (χ4v) is 2.69. The third-order valence-electron chi connectivity index (χ3n) is 3.42. The molecule has 0 aliphatic carbocycles. The zero-order chi connectivity index (χ0) is 16.0. The molecule has 21 heavy (non-hydrogen) atoms. The summed E-state index contributed by atoms with van der Waals surface area (Å²) in [7, 11) is -4.61. The van der Waals surface area contributed by atoms with Crippen LogP contribution in [0.5, 0.6) is 0 Å². The molecule has 7 nitrogen and oxygen atoms in total. The number of rotatable bonds is 9. The first-order chi connectivity index (χ1) is 9.70. The van der Waals surface area contributed by atoms with E-state index in [2.05, 4.69) is 18.4 Å². The first-order valence-electron chi connectivity index (χ1n) is 7.10. The van der Waals surface area contributed by atoms with Gasteiger partial charge in [0.15, 0.2) is 0 Å². The third kappa shape index (κ3) is 6.70. The molecule has 0 radical (unpaired) electrons. The lowest BCUT2D eigenvalue weighted by Gasteiger charge is -2.14. The molecular weight excluding hydrogens is 299 g/mol. The van der Waals surface area contributed by atoms with E-state index in [1.54, 1.807) is 0 Å². The average Bonchev–Trinajstić information content (AvgIpc) is 2.72. The zero-order valence-electron chi connectivity index (χ0n) is 12.4. The van der Waals surface area contributed by atoms with Crippen LogP contribution in [0, 0.1) is 17.8 Å². The fraction of sp³-hybridized carbons (Fsp3) is 0.846. The lowest BCUT2D eigenvalue weighted by molar-refractivity contribution is -0.144. The highest BCUT2D eigenvalue weighted by molar-refractivity contribution is 7.46. The van der Waals surface area contributed by atoms with Gasteiger partial charge >= 0.3 is 13.8 Å². The standard InChI is InChI=1S/C13H23O7P/c1-9(2)5-3-4-6-11(14)12-10(7-19-13(12)15)8-20-21(16,17)18/h9-10,12H,3-8H2,1-2H3,(H2,16,17,18)/t10-,12+/m0/s1. The van der Waals surface area contributed by atoms with Crippen LogP contribution in [0.25, 0.3) is 0 Å². The van der Waals surface area contributed by atoms with Crippen molar-refractivity contribution in [2.45, 2.75) is 39.5 Å². The summed E-state index contributed by atoms with van der Waals surface area (Å²) in [5.74, 6) is -1.87. The molecule has 1 saturated heterocycles. The Morgan fingerprint density at radius 3 is 2.67 bits per heavy atom. The Morgan fingerprint density at radius 2 is 2.10 bits per heavy atom. The first-order valence-corrected chi connectivity index (χ1v) is 8.63. The maximum absolute atomic E-state index is 12.1. The Morgan fingerprint density at radius 1 is 1.43 bits per heavy atom. The molecule has 1 aliphatic rings. The normalized spacial score (nSPS) is 22.6. The highest BCUT2D eigenvalue weighted by Gasteiger charge is 2.42. The number of phosphoric ester groups is 1. The molecule has 1 heterocycles. The number of carbonyl (C=O) groups excluding carboxylic acids is 2. The molecule has 0 saturated carbocycles. The predicted molar refractivity (Wildman–Crippen MR) is 74.2 cm³/mol. The van der Waals surface area contributed by atoms with Gasteiger partial charge in [0, 0.05) is 12.3 Å². The second kappa shape index (κ2) is 8.03. The summed E-state index contributed by atoms with van der Waals surface area (Å²) in [6.07, 6.45) is 2.91. The van der Waals surface area contributed by atoms with Crippen LogP contribution in [0.3, 0.4) is 0 Å². The minimum atomic E-state index is -4.61. The molecule has 2 N–H and O–H groups in total. The quantitative estimate of drug-likeness (QED) is 0.287. The fourth-order valence-electron chi connectivity index (χ4n) is 2.31. The van der Waals surface area contributed by atoms with Crippen molar-refractivity contribution in [3.63, 3.8) is 0 Å². The van der Waals surface area contributed by atoms with E-state index in [0.717, 1.165) is 12.8 Å². The van der Waals surface area contributed by atoms with Crippen LogP contribution < -0.4 is 0 Å². The molecule has 122 valence electrons. The Hall–Kier alpha value is -0.750. The SMILES string of the molecule is CC(C)CCCCC(=O)[C@@H]1C(=O)OC[C@H]1COP(=O)(O)O. The van der Waals surface area contributed by atoms with Crippen LogP contribution in [0.1, 0.15) is 39.5 Å². The van der Waals surface area contributed by atoms with Crippen LogP contribution in [0.2, 0.25) is 0 Å². The molecule has 1 rings (SSSR count). The molecule has 0 aromatic heterocycles. The Labute approximate surface area is 124 Å². The Balaban J connectivity index is 2.46. The van der Waals surface area contributed by atoms with Crippen molar-refractivity contribution >= 4 is 19.6 Å². The minimum absolute atomic E-state index is 0.0404. The zero-order valence-corrected chi connectivity index (χ0v) is 13.3. The van der Waals surface area contributed by atoms with Gasteiger partial charge in [0.05, 0.1) is 13.2 Å². The van der Waals surface area contributed by atoms with Crippen LogP contribution in [-0.4, -0.2) is 34.8 Å². The number of hydrogen-bond donors (Lipinski definition) is 2. The molecule has 0 amide bonds. The van der Waals surface area contributed by atoms with Crippen LogP contribution in [0.4, 0.5) is 0 Å². The van der Waals surface area contributed by atoms with Crippen LogP contribution in [0.15, 0.2) is 0 Å². The van der Waals surface area contributed by atoms with E-state index in [0.29, 0.717) is 12.3 Å². The van der Waals surface area contributed by atoms with Crippen molar-refractivity contribution in [3.05, 3.63) is 0 Å². The molecule has 0 aromatic carbocycles. The third-order valence-corrected chi connectivity index (χ3v) is 3.91. The summed E-state index contributed by atoms with van der Waals surface area (Å²) in [4.78, 5) is 41.0. The molecule has 8 heteroatoms. The summed E-state index contributed by atoms with van der Waals surface area (Å²) in [5.41, 5.74) is 0. The number of ketones is 1. The Bertz CT molecular complexity index is 415. The van der Waals surface area contributed by atoms with E-state index in [9.17, 15) is 14.2 Å².